The van der Waals surface area contributed by atoms with Gasteiger partial charge in [-0.2, -0.15) is 0 Å². The molecule has 2 heterocycles. The third-order valence-electron chi connectivity index (χ3n) is 2.71. The molecule has 0 aliphatic carbocycles. The van der Waals surface area contributed by atoms with E-state index >= 15 is 0 Å². The van der Waals surface area contributed by atoms with Gasteiger partial charge in [-0.3, -0.25) is 9.78 Å². The van der Waals surface area contributed by atoms with Gasteiger partial charge < -0.3 is 14.2 Å². The summed E-state index contributed by atoms with van der Waals surface area (Å²) in [7, 11) is 0. The van der Waals surface area contributed by atoms with E-state index in [1.165, 1.54) is 6.20 Å². The number of hydrogen-bond acceptors (Lipinski definition) is 5. The molecule has 0 spiro atoms. The first-order valence-electron chi connectivity index (χ1n) is 5.77. The second kappa shape index (κ2) is 4.97. The monoisotopic (exact) mass is 257 g/mol. The van der Waals surface area contributed by atoms with Gasteiger partial charge in [0.05, 0.1) is 6.20 Å². The Morgan fingerprint density at radius 1 is 1.21 bits per heavy atom. The zero-order valence-electron chi connectivity index (χ0n) is 10.0. The molecule has 0 N–H and O–H groups in total. The standard InChI is InChI=1S/C14H11NO4/c16-7-11-3-12(6-15-5-11)17-8-10-1-2-13-14(4-10)19-9-18-13/h1-7H,8-9H2. The average Bonchev–Trinajstić information content (AvgIpc) is 2.93. The van der Waals surface area contributed by atoms with Gasteiger partial charge in [0.15, 0.2) is 17.8 Å². The number of benzene rings is 1. The number of aromatic nitrogens is 1. The minimum atomic E-state index is 0.255. The van der Waals surface area contributed by atoms with Gasteiger partial charge in [0.25, 0.3) is 0 Å². The molecule has 96 valence electrons. The lowest BCUT2D eigenvalue weighted by Crippen LogP contribution is -1.96. The van der Waals surface area contributed by atoms with E-state index in [4.69, 9.17) is 14.2 Å². The van der Waals surface area contributed by atoms with E-state index in [-0.39, 0.29) is 6.79 Å². The molecule has 2 aromatic rings. The summed E-state index contributed by atoms with van der Waals surface area (Å²) in [4.78, 5) is 14.6. The van der Waals surface area contributed by atoms with Gasteiger partial charge in [0.2, 0.25) is 6.79 Å². The van der Waals surface area contributed by atoms with Gasteiger partial charge in [-0.15, -0.1) is 0 Å². The molecule has 1 aromatic carbocycles. The molecule has 0 bridgehead atoms. The lowest BCUT2D eigenvalue weighted by atomic mass is 10.2. The van der Waals surface area contributed by atoms with Gasteiger partial charge in [0.1, 0.15) is 12.4 Å². The summed E-state index contributed by atoms with van der Waals surface area (Å²) in [5.41, 5.74) is 1.45. The molecule has 3 rings (SSSR count). The van der Waals surface area contributed by atoms with E-state index in [1.807, 2.05) is 18.2 Å². The molecular formula is C14H11NO4. The van der Waals surface area contributed by atoms with Crippen molar-refractivity contribution in [3.8, 4) is 17.2 Å². The van der Waals surface area contributed by atoms with Crippen molar-refractivity contribution in [2.24, 2.45) is 0 Å². The summed E-state index contributed by atoms with van der Waals surface area (Å²) >= 11 is 0. The van der Waals surface area contributed by atoms with Gasteiger partial charge >= 0.3 is 0 Å². The summed E-state index contributed by atoms with van der Waals surface area (Å²) in [6.45, 7) is 0.631. The number of carbonyl (C=O) groups excluding carboxylic acids is 1. The van der Waals surface area contributed by atoms with Crippen LogP contribution in [0.3, 0.4) is 0 Å². The number of rotatable bonds is 4. The number of nitrogens with zero attached hydrogens (tertiary/aromatic N) is 1. The van der Waals surface area contributed by atoms with Crippen LogP contribution in [0.1, 0.15) is 15.9 Å². The summed E-state index contributed by atoms with van der Waals surface area (Å²) in [6, 6.07) is 7.28. The summed E-state index contributed by atoms with van der Waals surface area (Å²) in [6.07, 6.45) is 3.79. The molecular weight excluding hydrogens is 246 g/mol. The second-order valence-corrected chi connectivity index (χ2v) is 4.05. The highest BCUT2D eigenvalue weighted by atomic mass is 16.7. The number of ether oxygens (including phenoxy) is 3. The fourth-order valence-corrected chi connectivity index (χ4v) is 1.78. The highest BCUT2D eigenvalue weighted by Gasteiger charge is 2.13. The predicted octanol–water partition coefficient (Wildman–Crippen LogP) is 2.20. The maximum absolute atomic E-state index is 10.6. The molecule has 0 fully saturated rings. The topological polar surface area (TPSA) is 57.7 Å². The fraction of sp³-hybridized carbons (Fsp3) is 0.143. The Morgan fingerprint density at radius 2 is 2.11 bits per heavy atom. The zero-order chi connectivity index (χ0) is 13.1. The van der Waals surface area contributed by atoms with Crippen molar-refractivity contribution in [2.75, 3.05) is 6.79 Å². The van der Waals surface area contributed by atoms with E-state index in [1.54, 1.807) is 12.3 Å². The number of carbonyl (C=O) groups is 1. The van der Waals surface area contributed by atoms with Crippen molar-refractivity contribution in [1.82, 2.24) is 4.98 Å². The molecule has 1 aromatic heterocycles. The van der Waals surface area contributed by atoms with Crippen molar-refractivity contribution in [1.29, 1.82) is 0 Å². The number of hydrogen-bond donors (Lipinski definition) is 0. The molecule has 0 unspecified atom stereocenters. The highest BCUT2D eigenvalue weighted by Crippen LogP contribution is 2.32. The molecule has 1 aliphatic rings. The maximum Gasteiger partial charge on any atom is 0.231 e. The van der Waals surface area contributed by atoms with Crippen molar-refractivity contribution in [3.05, 3.63) is 47.8 Å². The second-order valence-electron chi connectivity index (χ2n) is 4.05. The van der Waals surface area contributed by atoms with E-state index in [0.29, 0.717) is 17.9 Å². The van der Waals surface area contributed by atoms with E-state index in [9.17, 15) is 4.79 Å². The van der Waals surface area contributed by atoms with E-state index < -0.39 is 0 Å². The van der Waals surface area contributed by atoms with Crippen molar-refractivity contribution >= 4 is 6.29 Å². The summed E-state index contributed by atoms with van der Waals surface area (Å²) in [5.74, 6) is 2.02. The van der Waals surface area contributed by atoms with Gasteiger partial charge in [-0.05, 0) is 23.8 Å². The Balaban J connectivity index is 1.70. The minimum absolute atomic E-state index is 0.255. The van der Waals surface area contributed by atoms with E-state index in [2.05, 4.69) is 4.98 Å². The minimum Gasteiger partial charge on any atom is -0.487 e. The number of aldehydes is 1. The largest absolute Gasteiger partial charge is 0.487 e. The van der Waals surface area contributed by atoms with Crippen LogP contribution >= 0.6 is 0 Å². The molecule has 0 amide bonds. The van der Waals surface area contributed by atoms with Crippen molar-refractivity contribution in [2.45, 2.75) is 6.61 Å². The normalized spacial score (nSPS) is 12.2. The smallest absolute Gasteiger partial charge is 0.231 e. The predicted molar refractivity (Wildman–Crippen MR) is 66.5 cm³/mol. The zero-order valence-corrected chi connectivity index (χ0v) is 10.0. The van der Waals surface area contributed by atoms with Crippen LogP contribution < -0.4 is 14.2 Å². The van der Waals surface area contributed by atoms with Gasteiger partial charge in [-0.1, -0.05) is 6.07 Å². The van der Waals surface area contributed by atoms with Gasteiger partial charge in [-0.25, -0.2) is 0 Å². The molecule has 1 aliphatic heterocycles. The molecule has 5 nitrogen and oxygen atoms in total. The first kappa shape index (κ1) is 11.5. The first-order valence-corrected chi connectivity index (χ1v) is 5.77. The SMILES string of the molecule is O=Cc1cncc(OCc2ccc3c(c2)OCO3)c1. The lowest BCUT2D eigenvalue weighted by molar-refractivity contribution is 0.112. The summed E-state index contributed by atoms with van der Waals surface area (Å²) in [5, 5.41) is 0. The Kier molecular flexibility index (Phi) is 3.02. The average molecular weight is 257 g/mol. The maximum atomic E-state index is 10.6. The van der Waals surface area contributed by atoms with Crippen LogP contribution in [0.5, 0.6) is 17.2 Å². The highest BCUT2D eigenvalue weighted by molar-refractivity contribution is 5.74. The van der Waals surface area contributed by atoms with Crippen LogP contribution in [0.4, 0.5) is 0 Å². The Bertz CT molecular complexity index is 612. The Morgan fingerprint density at radius 3 is 3.00 bits per heavy atom. The molecule has 0 saturated heterocycles. The van der Waals surface area contributed by atoms with Crippen LogP contribution in [0.15, 0.2) is 36.7 Å². The van der Waals surface area contributed by atoms with Crippen LogP contribution in [-0.2, 0) is 6.61 Å². The first-order chi connectivity index (χ1) is 9.35. The number of fused-ring (bicyclic) bond motifs is 1. The van der Waals surface area contributed by atoms with Crippen LogP contribution in [0.25, 0.3) is 0 Å². The van der Waals surface area contributed by atoms with E-state index in [0.717, 1.165) is 23.3 Å². The van der Waals surface area contributed by atoms with Crippen molar-refractivity contribution in [3.63, 3.8) is 0 Å². The molecule has 0 saturated carbocycles. The van der Waals surface area contributed by atoms with Crippen LogP contribution in [0.2, 0.25) is 0 Å². The Hall–Kier alpha value is -2.56. The third kappa shape index (κ3) is 2.49. The summed E-state index contributed by atoms with van der Waals surface area (Å²) < 4.78 is 16.1. The molecule has 19 heavy (non-hydrogen) atoms. The number of pyridine rings is 1. The molecule has 0 atom stereocenters. The molecule has 5 heteroatoms. The lowest BCUT2D eigenvalue weighted by Gasteiger charge is -2.06. The van der Waals surface area contributed by atoms with Crippen LogP contribution in [0, 0.1) is 0 Å². The molecule has 0 radical (unpaired) electrons. The fourth-order valence-electron chi connectivity index (χ4n) is 1.78. The van der Waals surface area contributed by atoms with Crippen molar-refractivity contribution < 1.29 is 19.0 Å². The quantitative estimate of drug-likeness (QED) is 0.786. The van der Waals surface area contributed by atoms with Gasteiger partial charge in [0, 0.05) is 11.8 Å². The third-order valence-corrected chi connectivity index (χ3v) is 2.71. The van der Waals surface area contributed by atoms with Crippen LogP contribution in [-0.4, -0.2) is 18.1 Å². The Labute approximate surface area is 109 Å².